The number of carbonyl (C=O) groups is 2. The molecule has 1 N–H and O–H groups in total. The maximum Gasteiger partial charge on any atom is 0.246 e. The van der Waals surface area contributed by atoms with Crippen LogP contribution in [-0.2, 0) is 22.6 Å². The van der Waals surface area contributed by atoms with Crippen LogP contribution in [-0.4, -0.2) is 28.7 Å². The van der Waals surface area contributed by atoms with Crippen LogP contribution < -0.4 is 5.32 Å². The van der Waals surface area contributed by atoms with Gasteiger partial charge in [-0.2, -0.15) is 0 Å². The van der Waals surface area contributed by atoms with Gasteiger partial charge in [-0.3, -0.25) is 9.59 Å². The van der Waals surface area contributed by atoms with Crippen molar-refractivity contribution in [3.05, 3.63) is 64.9 Å². The fraction of sp³-hybridized carbons (Fsp3) is 0.318. The molecular weight excluding hydrogens is 338 g/mol. The number of likely N-dealkylation sites (N-methyl/N-ethyl adjacent to an activating group) is 1. The topological polar surface area (TPSA) is 62.3 Å². The summed E-state index contributed by atoms with van der Waals surface area (Å²) in [5.41, 5.74) is 4.26. The Morgan fingerprint density at radius 3 is 2.70 bits per heavy atom. The smallest absolute Gasteiger partial charge is 0.246 e. The van der Waals surface area contributed by atoms with Gasteiger partial charge in [-0.15, -0.1) is 0 Å². The minimum absolute atomic E-state index is 0.00322. The molecule has 0 atom stereocenters. The highest BCUT2D eigenvalue weighted by molar-refractivity contribution is 5.93. The van der Waals surface area contributed by atoms with E-state index in [2.05, 4.69) is 48.4 Å². The molecule has 0 bridgehead atoms. The van der Waals surface area contributed by atoms with Crippen molar-refractivity contribution in [3.63, 3.8) is 0 Å². The van der Waals surface area contributed by atoms with E-state index in [0.29, 0.717) is 31.1 Å². The van der Waals surface area contributed by atoms with Crippen molar-refractivity contribution >= 4 is 23.7 Å². The number of hydrogen-bond donors (Lipinski definition) is 1. The zero-order valence-electron chi connectivity index (χ0n) is 16.0. The molecule has 27 heavy (non-hydrogen) atoms. The second-order valence-electron chi connectivity index (χ2n) is 7.25. The zero-order chi connectivity index (χ0) is 19.4. The first-order valence-electron chi connectivity index (χ1n) is 9.23. The van der Waals surface area contributed by atoms with E-state index in [4.69, 9.17) is 0 Å². The molecule has 0 radical (unpaired) electrons. The summed E-state index contributed by atoms with van der Waals surface area (Å²) in [7, 11) is 1.80. The van der Waals surface area contributed by atoms with Crippen LogP contribution in [0.25, 0.3) is 6.08 Å². The van der Waals surface area contributed by atoms with Crippen LogP contribution in [0.1, 0.15) is 48.4 Å². The van der Waals surface area contributed by atoms with Crippen LogP contribution in [0.2, 0.25) is 0 Å². The highest BCUT2D eigenvalue weighted by atomic mass is 16.2. The number of nitrogens with zero attached hydrogens (tertiary/aromatic N) is 2. The SMILES string of the molecule is CC(C)c1ccc(CN(C)C(=O)/C=C/c2cnc3c(c2)CCC(=O)N3)cc1. The molecule has 0 aliphatic carbocycles. The molecule has 5 heteroatoms. The van der Waals surface area contributed by atoms with E-state index in [-0.39, 0.29) is 11.8 Å². The molecule has 1 aromatic heterocycles. The Labute approximate surface area is 160 Å². The maximum atomic E-state index is 12.4. The largest absolute Gasteiger partial charge is 0.338 e. The molecule has 3 rings (SSSR count). The molecule has 1 aromatic carbocycles. The van der Waals surface area contributed by atoms with E-state index >= 15 is 0 Å². The van der Waals surface area contributed by atoms with Gasteiger partial charge in [0.15, 0.2) is 0 Å². The number of benzene rings is 1. The van der Waals surface area contributed by atoms with Crippen molar-refractivity contribution in [2.75, 3.05) is 12.4 Å². The van der Waals surface area contributed by atoms with Crippen LogP contribution in [0.4, 0.5) is 5.82 Å². The van der Waals surface area contributed by atoms with Crippen molar-refractivity contribution < 1.29 is 9.59 Å². The van der Waals surface area contributed by atoms with E-state index in [1.54, 1.807) is 30.3 Å². The van der Waals surface area contributed by atoms with Crippen LogP contribution in [0.15, 0.2) is 42.6 Å². The van der Waals surface area contributed by atoms with E-state index < -0.39 is 0 Å². The highest BCUT2D eigenvalue weighted by Gasteiger charge is 2.15. The average Bonchev–Trinajstić information content (AvgIpc) is 2.66. The number of hydrogen-bond acceptors (Lipinski definition) is 3. The summed E-state index contributed by atoms with van der Waals surface area (Å²) in [6.07, 6.45) is 6.14. The minimum atomic E-state index is -0.0611. The molecule has 1 aliphatic heterocycles. The minimum Gasteiger partial charge on any atom is -0.338 e. The van der Waals surface area contributed by atoms with Gasteiger partial charge in [-0.05, 0) is 46.7 Å². The quantitative estimate of drug-likeness (QED) is 0.823. The van der Waals surface area contributed by atoms with E-state index in [0.717, 1.165) is 16.7 Å². The summed E-state index contributed by atoms with van der Waals surface area (Å²) in [6, 6.07) is 10.3. The molecule has 2 amide bonds. The van der Waals surface area contributed by atoms with E-state index in [1.807, 2.05) is 6.07 Å². The third-order valence-corrected chi connectivity index (χ3v) is 4.73. The predicted molar refractivity (Wildman–Crippen MR) is 107 cm³/mol. The molecule has 1 aliphatic rings. The number of anilines is 1. The van der Waals surface area contributed by atoms with Crippen molar-refractivity contribution in [1.29, 1.82) is 0 Å². The molecule has 2 heterocycles. The molecule has 2 aromatic rings. The average molecular weight is 363 g/mol. The third kappa shape index (κ3) is 4.82. The second kappa shape index (κ2) is 8.16. The first-order valence-corrected chi connectivity index (χ1v) is 9.23. The summed E-state index contributed by atoms with van der Waals surface area (Å²) in [5, 5.41) is 2.76. The lowest BCUT2D eigenvalue weighted by molar-refractivity contribution is -0.125. The number of fused-ring (bicyclic) bond motifs is 1. The Morgan fingerprint density at radius 2 is 2.00 bits per heavy atom. The number of amides is 2. The molecule has 0 saturated carbocycles. The fourth-order valence-corrected chi connectivity index (χ4v) is 3.02. The Hall–Kier alpha value is -2.95. The van der Waals surface area contributed by atoms with Gasteiger partial charge in [0.2, 0.25) is 11.8 Å². The van der Waals surface area contributed by atoms with Crippen molar-refractivity contribution in [2.45, 2.75) is 39.2 Å². The number of aryl methyl sites for hydroxylation is 1. The second-order valence-corrected chi connectivity index (χ2v) is 7.25. The predicted octanol–water partition coefficient (Wildman–Crippen LogP) is 3.76. The first kappa shape index (κ1) is 18.8. The Bertz CT molecular complexity index is 870. The van der Waals surface area contributed by atoms with Crippen molar-refractivity contribution in [2.24, 2.45) is 0 Å². The third-order valence-electron chi connectivity index (χ3n) is 4.73. The lowest BCUT2D eigenvalue weighted by Gasteiger charge is -2.16. The van der Waals surface area contributed by atoms with Crippen LogP contribution in [0, 0.1) is 0 Å². The number of rotatable bonds is 5. The van der Waals surface area contributed by atoms with Crippen molar-refractivity contribution in [3.8, 4) is 0 Å². The summed E-state index contributed by atoms with van der Waals surface area (Å²) < 4.78 is 0. The normalized spacial score (nSPS) is 13.6. The van der Waals surface area contributed by atoms with E-state index in [1.165, 1.54) is 5.56 Å². The summed E-state index contributed by atoms with van der Waals surface area (Å²) in [4.78, 5) is 29.7. The Kier molecular flexibility index (Phi) is 5.69. The molecule has 5 nitrogen and oxygen atoms in total. The number of nitrogens with one attached hydrogen (secondary N) is 1. The Morgan fingerprint density at radius 1 is 1.26 bits per heavy atom. The van der Waals surface area contributed by atoms with Gasteiger partial charge in [0.25, 0.3) is 0 Å². The number of aromatic nitrogens is 1. The fourth-order valence-electron chi connectivity index (χ4n) is 3.02. The van der Waals surface area contributed by atoms with Crippen LogP contribution >= 0.6 is 0 Å². The molecular formula is C22H25N3O2. The van der Waals surface area contributed by atoms with Gasteiger partial charge in [-0.1, -0.05) is 38.1 Å². The van der Waals surface area contributed by atoms with Gasteiger partial charge < -0.3 is 10.2 Å². The zero-order valence-corrected chi connectivity index (χ0v) is 16.0. The van der Waals surface area contributed by atoms with Crippen molar-refractivity contribution in [1.82, 2.24) is 9.88 Å². The number of carbonyl (C=O) groups excluding carboxylic acids is 2. The molecule has 0 unspecified atom stereocenters. The molecule has 140 valence electrons. The molecule has 0 saturated heterocycles. The van der Waals surface area contributed by atoms with Gasteiger partial charge in [0.1, 0.15) is 5.82 Å². The molecule has 0 fully saturated rings. The lowest BCUT2D eigenvalue weighted by atomic mass is 10.0. The summed E-state index contributed by atoms with van der Waals surface area (Å²) >= 11 is 0. The highest BCUT2D eigenvalue weighted by Crippen LogP contribution is 2.21. The Balaban J connectivity index is 1.61. The van der Waals surface area contributed by atoms with Gasteiger partial charge >= 0.3 is 0 Å². The molecule has 0 spiro atoms. The summed E-state index contributed by atoms with van der Waals surface area (Å²) in [6.45, 7) is 4.90. The summed E-state index contributed by atoms with van der Waals surface area (Å²) in [5.74, 6) is 1.06. The first-order chi connectivity index (χ1) is 12.9. The standard InChI is InChI=1S/C22H25N3O2/c1-15(2)18-7-4-16(5-8-18)14-25(3)21(27)11-6-17-12-19-9-10-20(26)24-22(19)23-13-17/h4-8,11-13,15H,9-10,14H2,1-3H3,(H,23,24,26)/b11-6+. The van der Waals surface area contributed by atoms with Gasteiger partial charge in [-0.25, -0.2) is 4.98 Å². The monoisotopic (exact) mass is 363 g/mol. The van der Waals surface area contributed by atoms with Crippen LogP contribution in [0.3, 0.4) is 0 Å². The lowest BCUT2D eigenvalue weighted by Crippen LogP contribution is -2.24. The van der Waals surface area contributed by atoms with Crippen LogP contribution in [0.5, 0.6) is 0 Å². The maximum absolute atomic E-state index is 12.4. The van der Waals surface area contributed by atoms with Gasteiger partial charge in [0.05, 0.1) is 0 Å². The number of pyridine rings is 1. The van der Waals surface area contributed by atoms with Gasteiger partial charge in [0, 0.05) is 32.3 Å². The van der Waals surface area contributed by atoms with E-state index in [9.17, 15) is 9.59 Å².